The molecule has 0 fully saturated rings. The van der Waals surface area contributed by atoms with Crippen LogP contribution in [0.2, 0.25) is 0 Å². The first-order valence-electron chi connectivity index (χ1n) is 5.54. The van der Waals surface area contributed by atoms with Crippen molar-refractivity contribution in [3.63, 3.8) is 0 Å². The minimum absolute atomic E-state index is 0.0272. The lowest BCUT2D eigenvalue weighted by Gasteiger charge is -2.08. The Bertz CT molecular complexity index is 743. The van der Waals surface area contributed by atoms with Crippen molar-refractivity contribution < 1.29 is 14.3 Å². The van der Waals surface area contributed by atoms with Gasteiger partial charge in [0.15, 0.2) is 0 Å². The third kappa shape index (κ3) is 2.88. The average Bonchev–Trinajstić information content (AvgIpc) is 2.35. The molecule has 2 aromatic rings. The van der Waals surface area contributed by atoms with Crippen LogP contribution in [0, 0.1) is 5.82 Å². The number of halogens is 2. The zero-order valence-corrected chi connectivity index (χ0v) is 11.9. The number of pyridine rings is 1. The summed E-state index contributed by atoms with van der Waals surface area (Å²) in [6.07, 6.45) is 2.96. The minimum Gasteiger partial charge on any atom is -0.508 e. The van der Waals surface area contributed by atoms with Gasteiger partial charge in [-0.15, -0.1) is 0 Å². The second kappa shape index (κ2) is 5.46. The molecule has 2 N–H and O–H groups in total. The Labute approximate surface area is 121 Å². The lowest BCUT2D eigenvalue weighted by molar-refractivity contribution is 0.102. The molecule has 1 amide bonds. The number of aromatic hydroxyl groups is 1. The molecule has 2 rings (SSSR count). The van der Waals surface area contributed by atoms with Gasteiger partial charge in [-0.3, -0.25) is 9.59 Å². The smallest absolute Gasteiger partial charge is 0.258 e. The van der Waals surface area contributed by atoms with Gasteiger partial charge in [0.05, 0.1) is 10.0 Å². The number of carbonyl (C=O) groups is 1. The van der Waals surface area contributed by atoms with Crippen LogP contribution in [0.25, 0.3) is 0 Å². The molecule has 1 heterocycles. The summed E-state index contributed by atoms with van der Waals surface area (Å²) in [4.78, 5) is 23.7. The molecule has 0 aliphatic heterocycles. The van der Waals surface area contributed by atoms with Crippen LogP contribution < -0.4 is 10.7 Å². The zero-order valence-electron chi connectivity index (χ0n) is 10.4. The van der Waals surface area contributed by atoms with Gasteiger partial charge in [0, 0.05) is 25.5 Å². The quantitative estimate of drug-likeness (QED) is 0.880. The molecule has 5 nitrogen and oxygen atoms in total. The number of aromatic nitrogens is 1. The van der Waals surface area contributed by atoms with Gasteiger partial charge in [0.2, 0.25) is 5.43 Å². The van der Waals surface area contributed by atoms with Gasteiger partial charge >= 0.3 is 0 Å². The predicted octanol–water partition coefficient (Wildman–Crippen LogP) is 2.24. The Kier molecular flexibility index (Phi) is 3.89. The SMILES string of the molecule is Cn1cc(Br)c(=O)c(NC(=O)c2ccc(O)cc2F)c1. The predicted molar refractivity (Wildman–Crippen MR) is 75.4 cm³/mol. The largest absolute Gasteiger partial charge is 0.508 e. The number of amides is 1. The number of benzene rings is 1. The summed E-state index contributed by atoms with van der Waals surface area (Å²) in [5, 5.41) is 11.4. The first kappa shape index (κ1) is 14.3. The zero-order chi connectivity index (χ0) is 14.9. The van der Waals surface area contributed by atoms with Crippen molar-refractivity contribution in [2.24, 2.45) is 7.05 Å². The third-order valence-electron chi connectivity index (χ3n) is 2.56. The molecular formula is C13H10BrFN2O3. The summed E-state index contributed by atoms with van der Waals surface area (Å²) in [6, 6.07) is 3.16. The van der Waals surface area contributed by atoms with Gasteiger partial charge < -0.3 is 15.0 Å². The molecule has 0 spiro atoms. The molecule has 0 saturated heterocycles. The highest BCUT2D eigenvalue weighted by Gasteiger charge is 2.14. The molecule has 7 heteroatoms. The van der Waals surface area contributed by atoms with Gasteiger partial charge in [0.1, 0.15) is 17.3 Å². The molecule has 1 aromatic heterocycles. The molecule has 0 unspecified atom stereocenters. The second-order valence-electron chi connectivity index (χ2n) is 4.13. The monoisotopic (exact) mass is 340 g/mol. The third-order valence-corrected chi connectivity index (χ3v) is 3.12. The topological polar surface area (TPSA) is 71.3 Å². The maximum atomic E-state index is 13.5. The van der Waals surface area contributed by atoms with Crippen molar-refractivity contribution in [3.05, 3.63) is 56.7 Å². The molecule has 0 aliphatic carbocycles. The van der Waals surface area contributed by atoms with Crippen LogP contribution in [0.5, 0.6) is 5.75 Å². The number of nitrogens with zero attached hydrogens (tertiary/aromatic N) is 1. The van der Waals surface area contributed by atoms with Crippen molar-refractivity contribution in [1.82, 2.24) is 4.57 Å². The Morgan fingerprint density at radius 1 is 1.40 bits per heavy atom. The Morgan fingerprint density at radius 2 is 2.10 bits per heavy atom. The number of nitrogens with one attached hydrogen (secondary N) is 1. The van der Waals surface area contributed by atoms with E-state index in [9.17, 15) is 14.0 Å². The van der Waals surface area contributed by atoms with E-state index in [0.29, 0.717) is 0 Å². The molecule has 0 aliphatic rings. The normalized spacial score (nSPS) is 10.3. The van der Waals surface area contributed by atoms with Crippen molar-refractivity contribution in [2.75, 3.05) is 5.32 Å². The molecule has 0 radical (unpaired) electrons. The average molecular weight is 341 g/mol. The van der Waals surface area contributed by atoms with E-state index in [1.165, 1.54) is 12.3 Å². The van der Waals surface area contributed by atoms with Gasteiger partial charge in [0.25, 0.3) is 5.91 Å². The number of phenols is 1. The highest BCUT2D eigenvalue weighted by Crippen LogP contribution is 2.16. The van der Waals surface area contributed by atoms with Crippen molar-refractivity contribution in [1.29, 1.82) is 0 Å². The van der Waals surface area contributed by atoms with Gasteiger partial charge in [-0.1, -0.05) is 0 Å². The Hall–Kier alpha value is -2.15. The van der Waals surface area contributed by atoms with Crippen molar-refractivity contribution >= 4 is 27.5 Å². The summed E-state index contributed by atoms with van der Waals surface area (Å²) in [7, 11) is 1.68. The second-order valence-corrected chi connectivity index (χ2v) is 4.99. The first-order chi connectivity index (χ1) is 9.38. The van der Waals surface area contributed by atoms with Gasteiger partial charge in [-0.25, -0.2) is 4.39 Å². The lowest BCUT2D eigenvalue weighted by Crippen LogP contribution is -2.20. The van der Waals surface area contributed by atoms with Crippen LogP contribution in [-0.4, -0.2) is 15.6 Å². The van der Waals surface area contributed by atoms with Crippen LogP contribution >= 0.6 is 15.9 Å². The molecule has 0 bridgehead atoms. The van der Waals surface area contributed by atoms with E-state index in [1.807, 2.05) is 0 Å². The maximum Gasteiger partial charge on any atom is 0.258 e. The fourth-order valence-corrected chi connectivity index (χ4v) is 2.17. The van der Waals surface area contributed by atoms with E-state index < -0.39 is 17.2 Å². The fraction of sp³-hybridized carbons (Fsp3) is 0.0769. The molecule has 1 aromatic carbocycles. The number of rotatable bonds is 2. The number of anilines is 1. The summed E-state index contributed by atoms with van der Waals surface area (Å²) in [5.41, 5.74) is -0.639. The number of hydrogen-bond donors (Lipinski definition) is 2. The molecule has 0 saturated carbocycles. The highest BCUT2D eigenvalue weighted by molar-refractivity contribution is 9.10. The van der Waals surface area contributed by atoms with E-state index in [0.717, 1.165) is 12.1 Å². The number of aryl methyl sites for hydroxylation is 1. The Balaban J connectivity index is 2.35. The standard InChI is InChI=1S/C13H10BrFN2O3/c1-17-5-9(14)12(19)11(6-17)16-13(20)8-3-2-7(18)4-10(8)15/h2-6,18H,1H3,(H,16,20). The summed E-state index contributed by atoms with van der Waals surface area (Å²) >= 11 is 3.08. The van der Waals surface area contributed by atoms with Crippen molar-refractivity contribution in [2.45, 2.75) is 0 Å². The number of hydrogen-bond acceptors (Lipinski definition) is 3. The number of phenolic OH excluding ortho intramolecular Hbond substituents is 1. The van der Waals surface area contributed by atoms with E-state index in [4.69, 9.17) is 5.11 Å². The number of carbonyl (C=O) groups excluding carboxylic acids is 1. The minimum atomic E-state index is -0.866. The maximum absolute atomic E-state index is 13.5. The summed E-state index contributed by atoms with van der Waals surface area (Å²) in [6.45, 7) is 0. The molecule has 0 atom stereocenters. The van der Waals surface area contributed by atoms with Crippen LogP contribution in [0.3, 0.4) is 0 Å². The van der Waals surface area contributed by atoms with Crippen LogP contribution in [-0.2, 0) is 7.05 Å². The van der Waals surface area contributed by atoms with Gasteiger partial charge in [-0.05, 0) is 28.1 Å². The van der Waals surface area contributed by atoms with E-state index in [1.54, 1.807) is 17.8 Å². The highest BCUT2D eigenvalue weighted by atomic mass is 79.9. The van der Waals surface area contributed by atoms with Gasteiger partial charge in [-0.2, -0.15) is 0 Å². The Morgan fingerprint density at radius 3 is 2.75 bits per heavy atom. The van der Waals surface area contributed by atoms with Crippen LogP contribution in [0.1, 0.15) is 10.4 Å². The summed E-state index contributed by atoms with van der Waals surface area (Å²) in [5.74, 6) is -1.91. The fourth-order valence-electron chi connectivity index (χ4n) is 1.63. The molecule has 104 valence electrons. The molecular weight excluding hydrogens is 331 g/mol. The van der Waals surface area contributed by atoms with E-state index in [-0.39, 0.29) is 21.5 Å². The summed E-state index contributed by atoms with van der Waals surface area (Å²) < 4.78 is 15.4. The van der Waals surface area contributed by atoms with Crippen molar-refractivity contribution in [3.8, 4) is 5.75 Å². The lowest BCUT2D eigenvalue weighted by atomic mass is 10.2. The van der Waals surface area contributed by atoms with E-state index in [2.05, 4.69) is 21.2 Å². The van der Waals surface area contributed by atoms with E-state index >= 15 is 0 Å². The van der Waals surface area contributed by atoms with Crippen LogP contribution in [0.15, 0.2) is 39.9 Å². The molecule has 20 heavy (non-hydrogen) atoms. The first-order valence-corrected chi connectivity index (χ1v) is 6.33. The van der Waals surface area contributed by atoms with Crippen LogP contribution in [0.4, 0.5) is 10.1 Å².